The van der Waals surface area contributed by atoms with Crippen LogP contribution in [0.4, 0.5) is 12.9 Å². The second kappa shape index (κ2) is 3.83. The zero-order valence-electron chi connectivity index (χ0n) is 6.96. The van der Waals surface area contributed by atoms with Crippen LogP contribution in [0.25, 0.3) is 0 Å². The predicted octanol–water partition coefficient (Wildman–Crippen LogP) is 1.94. The summed E-state index contributed by atoms with van der Waals surface area (Å²) in [5, 5.41) is 0. The first-order valence-corrected chi connectivity index (χ1v) is 3.99. The van der Waals surface area contributed by atoms with Crippen LogP contribution < -0.4 is 5.73 Å². The van der Waals surface area contributed by atoms with Crippen LogP contribution in [0.3, 0.4) is 0 Å². The summed E-state index contributed by atoms with van der Waals surface area (Å²) >= 11 is 0. The van der Waals surface area contributed by atoms with Crippen LogP contribution >= 0.6 is 0 Å². The molecular formula is C8H10BF3N-. The lowest BCUT2D eigenvalue weighted by Crippen LogP contribution is -2.44. The molecule has 2 N–H and O–H groups in total. The van der Waals surface area contributed by atoms with Gasteiger partial charge in [0.05, 0.1) is 0 Å². The third kappa shape index (κ3) is 3.10. The molecule has 72 valence electrons. The molecule has 13 heavy (non-hydrogen) atoms. The first-order valence-electron chi connectivity index (χ1n) is 3.99. The molecule has 0 aromatic heterocycles. The van der Waals surface area contributed by atoms with E-state index in [4.69, 9.17) is 5.73 Å². The number of hydrogen-bond donors (Lipinski definition) is 1. The predicted molar refractivity (Wildman–Crippen MR) is 47.2 cm³/mol. The minimum Gasteiger partial charge on any atom is -0.448 e. The second-order valence-corrected chi connectivity index (χ2v) is 2.98. The summed E-state index contributed by atoms with van der Waals surface area (Å²) < 4.78 is 36.2. The van der Waals surface area contributed by atoms with Gasteiger partial charge in [-0.25, -0.2) is 0 Å². The van der Waals surface area contributed by atoms with Crippen molar-refractivity contribution in [2.24, 2.45) is 5.73 Å². The van der Waals surface area contributed by atoms with E-state index >= 15 is 0 Å². The van der Waals surface area contributed by atoms with Gasteiger partial charge < -0.3 is 18.7 Å². The van der Waals surface area contributed by atoms with Crippen LogP contribution in [0.1, 0.15) is 5.56 Å². The molecule has 0 fully saturated rings. The molecule has 0 saturated carbocycles. The first-order chi connectivity index (χ1) is 6.00. The highest BCUT2D eigenvalue weighted by Gasteiger charge is 2.31. The van der Waals surface area contributed by atoms with Crippen molar-refractivity contribution in [1.29, 1.82) is 0 Å². The molecule has 0 aliphatic rings. The highest BCUT2D eigenvalue weighted by Crippen LogP contribution is 2.15. The summed E-state index contributed by atoms with van der Waals surface area (Å²) in [7, 11) is 0. The van der Waals surface area contributed by atoms with E-state index in [1.165, 1.54) is 0 Å². The lowest BCUT2D eigenvalue weighted by Gasteiger charge is -2.22. The molecule has 0 saturated heterocycles. The van der Waals surface area contributed by atoms with Gasteiger partial charge in [-0.1, -0.05) is 30.3 Å². The molecule has 5 heteroatoms. The lowest BCUT2D eigenvalue weighted by atomic mass is 9.76. The molecule has 1 nitrogen and oxygen atoms in total. The second-order valence-electron chi connectivity index (χ2n) is 2.98. The monoisotopic (exact) mass is 188 g/mol. The molecule has 0 spiro atoms. The Morgan fingerprint density at radius 1 is 1.15 bits per heavy atom. The Morgan fingerprint density at radius 3 is 2.15 bits per heavy atom. The number of halogens is 3. The van der Waals surface area contributed by atoms with Gasteiger partial charge in [0.2, 0.25) is 0 Å². The summed E-state index contributed by atoms with van der Waals surface area (Å²) in [6.07, 6.45) is -0.135. The minimum atomic E-state index is -4.92. The van der Waals surface area contributed by atoms with E-state index in [1.54, 1.807) is 30.3 Å². The SMILES string of the molecule is NC(Cc1ccccc1)[B-](F)(F)F. The number of benzene rings is 1. The van der Waals surface area contributed by atoms with Crippen LogP contribution in [-0.2, 0) is 6.42 Å². The fourth-order valence-electron chi connectivity index (χ4n) is 1.02. The third-order valence-corrected chi connectivity index (χ3v) is 1.80. The Balaban J connectivity index is 2.61. The maximum atomic E-state index is 12.1. The van der Waals surface area contributed by atoms with Gasteiger partial charge in [0, 0.05) is 0 Å². The quantitative estimate of drug-likeness (QED) is 0.720. The van der Waals surface area contributed by atoms with Crippen LogP contribution in [0.15, 0.2) is 30.3 Å². The zero-order valence-corrected chi connectivity index (χ0v) is 6.96. The molecule has 0 aliphatic heterocycles. The van der Waals surface area contributed by atoms with E-state index in [9.17, 15) is 12.9 Å². The van der Waals surface area contributed by atoms with Gasteiger partial charge >= 0.3 is 6.98 Å². The van der Waals surface area contributed by atoms with Crippen molar-refractivity contribution in [3.63, 3.8) is 0 Å². The van der Waals surface area contributed by atoms with Gasteiger partial charge in [0.25, 0.3) is 0 Å². The molecule has 1 rings (SSSR count). The maximum absolute atomic E-state index is 12.1. The van der Waals surface area contributed by atoms with E-state index in [2.05, 4.69) is 0 Å². The van der Waals surface area contributed by atoms with Crippen LogP contribution in [-0.4, -0.2) is 12.9 Å². The van der Waals surface area contributed by atoms with Crippen molar-refractivity contribution in [3.8, 4) is 0 Å². The van der Waals surface area contributed by atoms with Gasteiger partial charge in [-0.3, -0.25) is 0 Å². The summed E-state index contributed by atoms with van der Waals surface area (Å²) in [6.45, 7) is -4.92. The van der Waals surface area contributed by atoms with E-state index < -0.39 is 12.9 Å². The smallest absolute Gasteiger partial charge is 0.448 e. The lowest BCUT2D eigenvalue weighted by molar-refractivity contribution is 0.436. The van der Waals surface area contributed by atoms with Crippen molar-refractivity contribution >= 4 is 6.98 Å². The molecule has 0 heterocycles. The Labute approximate surface area is 74.8 Å². The number of hydrogen-bond acceptors (Lipinski definition) is 1. The maximum Gasteiger partial charge on any atom is 0.494 e. The molecule has 1 aromatic rings. The molecular weight excluding hydrogens is 178 g/mol. The highest BCUT2D eigenvalue weighted by molar-refractivity contribution is 6.60. The molecule has 0 radical (unpaired) electrons. The molecule has 1 unspecified atom stereocenters. The van der Waals surface area contributed by atoms with Crippen molar-refractivity contribution in [2.45, 2.75) is 12.4 Å². The third-order valence-electron chi connectivity index (χ3n) is 1.80. The Kier molecular flexibility index (Phi) is 2.98. The van der Waals surface area contributed by atoms with E-state index in [0.29, 0.717) is 5.56 Å². The van der Waals surface area contributed by atoms with E-state index in [1.807, 2.05) is 0 Å². The Bertz CT molecular complexity index is 260. The fraction of sp³-hybridized carbons (Fsp3) is 0.250. The Hall–Kier alpha value is -0.965. The summed E-state index contributed by atoms with van der Waals surface area (Å²) in [5.74, 6) is -1.71. The standard InChI is InChI=1S/C8H10BF3N/c10-9(11,12)8(13)6-7-4-2-1-3-5-7/h1-5,8H,6,13H2/q-1. The summed E-state index contributed by atoms with van der Waals surface area (Å²) in [6, 6.07) is 8.44. The summed E-state index contributed by atoms with van der Waals surface area (Å²) in [4.78, 5) is 0. The number of rotatable bonds is 3. The van der Waals surface area contributed by atoms with Crippen molar-refractivity contribution in [1.82, 2.24) is 0 Å². The largest absolute Gasteiger partial charge is 0.494 e. The van der Waals surface area contributed by atoms with E-state index in [-0.39, 0.29) is 6.42 Å². The first kappa shape index (κ1) is 10.1. The van der Waals surface area contributed by atoms with Crippen LogP contribution in [0, 0.1) is 0 Å². The average molecular weight is 188 g/mol. The molecule has 1 aromatic carbocycles. The number of nitrogens with two attached hydrogens (primary N) is 1. The zero-order chi connectivity index (χ0) is 9.90. The van der Waals surface area contributed by atoms with Crippen molar-refractivity contribution in [3.05, 3.63) is 35.9 Å². The van der Waals surface area contributed by atoms with Gasteiger partial charge in [0.1, 0.15) is 0 Å². The Morgan fingerprint density at radius 2 is 1.69 bits per heavy atom. The molecule has 1 atom stereocenters. The normalized spacial score (nSPS) is 14.2. The minimum absolute atomic E-state index is 0.135. The topological polar surface area (TPSA) is 26.0 Å². The molecule has 0 bridgehead atoms. The van der Waals surface area contributed by atoms with Crippen molar-refractivity contribution < 1.29 is 12.9 Å². The fourth-order valence-corrected chi connectivity index (χ4v) is 1.02. The van der Waals surface area contributed by atoms with Gasteiger partial charge in [-0.05, 0) is 17.9 Å². The van der Waals surface area contributed by atoms with Gasteiger partial charge in [-0.15, -0.1) is 0 Å². The van der Waals surface area contributed by atoms with E-state index in [0.717, 1.165) is 0 Å². The molecule has 0 aliphatic carbocycles. The highest BCUT2D eigenvalue weighted by atomic mass is 19.4. The summed E-state index contributed by atoms with van der Waals surface area (Å²) in [5.41, 5.74) is 5.61. The van der Waals surface area contributed by atoms with Gasteiger partial charge in [-0.2, -0.15) is 0 Å². The molecule has 0 amide bonds. The average Bonchev–Trinajstić information content (AvgIpc) is 2.04. The van der Waals surface area contributed by atoms with Crippen LogP contribution in [0.5, 0.6) is 0 Å². The van der Waals surface area contributed by atoms with Gasteiger partial charge in [0.15, 0.2) is 0 Å². The van der Waals surface area contributed by atoms with Crippen LogP contribution in [0.2, 0.25) is 0 Å². The van der Waals surface area contributed by atoms with Crippen molar-refractivity contribution in [2.75, 3.05) is 0 Å².